The number of carbonyl (C=O) groups excluding carboxylic acids is 2. The summed E-state index contributed by atoms with van der Waals surface area (Å²) in [6.45, 7) is 2.38. The van der Waals surface area contributed by atoms with Crippen LogP contribution >= 0.6 is 11.3 Å². The Balaban J connectivity index is 1.40. The van der Waals surface area contributed by atoms with Gasteiger partial charge in [0.05, 0.1) is 4.88 Å². The molecule has 134 valence electrons. The van der Waals surface area contributed by atoms with Gasteiger partial charge in [0, 0.05) is 24.7 Å². The van der Waals surface area contributed by atoms with E-state index in [4.69, 9.17) is 4.52 Å². The van der Waals surface area contributed by atoms with Crippen LogP contribution in [0.1, 0.15) is 28.9 Å². The van der Waals surface area contributed by atoms with Crippen molar-refractivity contribution in [2.75, 3.05) is 11.9 Å². The molecular formula is C19H19N3O3S. The van der Waals surface area contributed by atoms with Crippen LogP contribution in [-0.2, 0) is 4.79 Å². The summed E-state index contributed by atoms with van der Waals surface area (Å²) in [6.07, 6.45) is 0.868. The molecule has 1 aromatic carbocycles. The Morgan fingerprint density at radius 1 is 1.19 bits per heavy atom. The van der Waals surface area contributed by atoms with Crippen molar-refractivity contribution in [2.24, 2.45) is 0 Å². The second kappa shape index (κ2) is 8.44. The van der Waals surface area contributed by atoms with Gasteiger partial charge in [-0.2, -0.15) is 0 Å². The number of anilines is 1. The summed E-state index contributed by atoms with van der Waals surface area (Å²) in [7, 11) is 0. The highest BCUT2D eigenvalue weighted by Crippen LogP contribution is 2.25. The van der Waals surface area contributed by atoms with E-state index >= 15 is 0 Å². The fraction of sp³-hybridized carbons (Fsp3) is 0.211. The van der Waals surface area contributed by atoms with Crippen molar-refractivity contribution >= 4 is 28.8 Å². The largest absolute Gasteiger partial charge is 0.355 e. The number of nitrogens with zero attached hydrogens (tertiary/aromatic N) is 1. The van der Waals surface area contributed by atoms with E-state index in [1.165, 1.54) is 11.3 Å². The molecule has 0 saturated heterocycles. The molecule has 0 atom stereocenters. The summed E-state index contributed by atoms with van der Waals surface area (Å²) in [6, 6.07) is 13.0. The van der Waals surface area contributed by atoms with Crippen molar-refractivity contribution in [3.63, 3.8) is 0 Å². The van der Waals surface area contributed by atoms with Crippen molar-refractivity contribution in [3.8, 4) is 10.6 Å². The number of aromatic nitrogens is 1. The first-order valence-electron chi connectivity index (χ1n) is 8.27. The number of nitrogens with one attached hydrogen (secondary N) is 2. The summed E-state index contributed by atoms with van der Waals surface area (Å²) in [5, 5.41) is 11.3. The van der Waals surface area contributed by atoms with Crippen LogP contribution in [0.15, 0.2) is 52.4 Å². The highest BCUT2D eigenvalue weighted by atomic mass is 32.1. The zero-order valence-corrected chi connectivity index (χ0v) is 15.1. The normalized spacial score (nSPS) is 10.5. The molecule has 0 bridgehead atoms. The number of rotatable bonds is 7. The number of amides is 2. The molecule has 2 amide bonds. The molecule has 0 aliphatic carbocycles. The first-order valence-corrected chi connectivity index (χ1v) is 9.15. The van der Waals surface area contributed by atoms with Crippen molar-refractivity contribution < 1.29 is 14.1 Å². The monoisotopic (exact) mass is 369 g/mol. The van der Waals surface area contributed by atoms with Crippen LogP contribution in [0.25, 0.3) is 10.6 Å². The Labute approximate surface area is 155 Å². The molecule has 0 spiro atoms. The number of hydrogen-bond donors (Lipinski definition) is 2. The Bertz CT molecular complexity index is 870. The molecule has 2 heterocycles. The quantitative estimate of drug-likeness (QED) is 0.620. The van der Waals surface area contributed by atoms with Crippen LogP contribution in [0.4, 0.5) is 5.69 Å². The second-order valence-corrected chi connectivity index (χ2v) is 6.78. The SMILES string of the molecule is Cc1ccc(NC(=O)CCCNC(=O)c2cc(-c3cccs3)on2)cc1. The third kappa shape index (κ3) is 4.80. The molecule has 3 rings (SSSR count). The van der Waals surface area contributed by atoms with Gasteiger partial charge in [0.15, 0.2) is 11.5 Å². The van der Waals surface area contributed by atoms with Gasteiger partial charge in [-0.25, -0.2) is 0 Å². The molecular weight excluding hydrogens is 350 g/mol. The van der Waals surface area contributed by atoms with Gasteiger partial charge in [0.25, 0.3) is 5.91 Å². The van der Waals surface area contributed by atoms with E-state index in [0.717, 1.165) is 16.1 Å². The van der Waals surface area contributed by atoms with Gasteiger partial charge < -0.3 is 15.2 Å². The lowest BCUT2D eigenvalue weighted by Gasteiger charge is -2.06. The maximum absolute atomic E-state index is 12.1. The highest BCUT2D eigenvalue weighted by molar-refractivity contribution is 7.13. The lowest BCUT2D eigenvalue weighted by molar-refractivity contribution is -0.116. The minimum absolute atomic E-state index is 0.0791. The van der Waals surface area contributed by atoms with Crippen LogP contribution in [-0.4, -0.2) is 23.5 Å². The number of thiophene rings is 1. The van der Waals surface area contributed by atoms with Crippen molar-refractivity contribution in [2.45, 2.75) is 19.8 Å². The topological polar surface area (TPSA) is 84.2 Å². The van der Waals surface area contributed by atoms with Gasteiger partial charge in [-0.3, -0.25) is 9.59 Å². The summed E-state index contributed by atoms with van der Waals surface area (Å²) in [4.78, 5) is 24.9. The Morgan fingerprint density at radius 2 is 2.00 bits per heavy atom. The average Bonchev–Trinajstić information content (AvgIpc) is 3.31. The maximum Gasteiger partial charge on any atom is 0.273 e. The van der Waals surface area contributed by atoms with E-state index in [2.05, 4.69) is 15.8 Å². The molecule has 3 aromatic rings. The molecule has 26 heavy (non-hydrogen) atoms. The van der Waals surface area contributed by atoms with E-state index in [1.54, 1.807) is 6.07 Å². The van der Waals surface area contributed by atoms with Crippen molar-refractivity contribution in [1.29, 1.82) is 0 Å². The molecule has 0 radical (unpaired) electrons. The van der Waals surface area contributed by atoms with E-state index in [9.17, 15) is 9.59 Å². The van der Waals surface area contributed by atoms with Crippen molar-refractivity contribution in [1.82, 2.24) is 10.5 Å². The van der Waals surface area contributed by atoms with Crippen LogP contribution in [0.2, 0.25) is 0 Å². The molecule has 0 fully saturated rings. The van der Waals surface area contributed by atoms with E-state index in [0.29, 0.717) is 25.1 Å². The number of aryl methyl sites for hydroxylation is 1. The number of hydrogen-bond acceptors (Lipinski definition) is 5. The van der Waals surface area contributed by atoms with Crippen molar-refractivity contribution in [3.05, 3.63) is 59.1 Å². The summed E-state index contributed by atoms with van der Waals surface area (Å²) >= 11 is 1.52. The maximum atomic E-state index is 12.1. The molecule has 2 N–H and O–H groups in total. The highest BCUT2D eigenvalue weighted by Gasteiger charge is 2.14. The summed E-state index contributed by atoms with van der Waals surface area (Å²) in [5.74, 6) is 0.183. The summed E-state index contributed by atoms with van der Waals surface area (Å²) < 4.78 is 5.18. The molecule has 0 aliphatic rings. The first kappa shape index (κ1) is 17.9. The Hall–Kier alpha value is -2.93. The lowest BCUT2D eigenvalue weighted by Crippen LogP contribution is -2.25. The standard InChI is InChI=1S/C19H19N3O3S/c1-13-6-8-14(9-7-13)21-18(23)5-2-10-20-19(24)15-12-16(25-22-15)17-4-3-11-26-17/h3-4,6-9,11-12H,2,5,10H2,1H3,(H,20,24)(H,21,23). The number of benzene rings is 1. The predicted molar refractivity (Wildman–Crippen MR) is 101 cm³/mol. The van der Waals surface area contributed by atoms with E-state index < -0.39 is 0 Å². The van der Waals surface area contributed by atoms with E-state index in [1.807, 2.05) is 48.7 Å². The zero-order chi connectivity index (χ0) is 18.4. The molecule has 7 heteroatoms. The zero-order valence-electron chi connectivity index (χ0n) is 14.3. The second-order valence-electron chi connectivity index (χ2n) is 5.83. The summed E-state index contributed by atoms with van der Waals surface area (Å²) in [5.41, 5.74) is 2.15. The van der Waals surface area contributed by atoms with Crippen LogP contribution < -0.4 is 10.6 Å². The minimum atomic E-state index is -0.310. The van der Waals surface area contributed by atoms with Crippen LogP contribution in [0.3, 0.4) is 0 Å². The fourth-order valence-corrected chi connectivity index (χ4v) is 2.99. The molecule has 0 unspecified atom stereocenters. The smallest absolute Gasteiger partial charge is 0.273 e. The van der Waals surface area contributed by atoms with Crippen LogP contribution in [0.5, 0.6) is 0 Å². The lowest BCUT2D eigenvalue weighted by atomic mass is 10.2. The van der Waals surface area contributed by atoms with Gasteiger partial charge >= 0.3 is 0 Å². The van der Waals surface area contributed by atoms with Crippen LogP contribution in [0, 0.1) is 6.92 Å². The Morgan fingerprint density at radius 3 is 2.73 bits per heavy atom. The van der Waals surface area contributed by atoms with Gasteiger partial charge in [-0.1, -0.05) is 28.9 Å². The van der Waals surface area contributed by atoms with E-state index in [-0.39, 0.29) is 17.5 Å². The van der Waals surface area contributed by atoms with Gasteiger partial charge in [0.2, 0.25) is 5.91 Å². The Kier molecular flexibility index (Phi) is 5.80. The minimum Gasteiger partial charge on any atom is -0.355 e. The molecule has 0 saturated carbocycles. The first-order chi connectivity index (χ1) is 12.6. The van der Waals surface area contributed by atoms with Gasteiger partial charge in [0.1, 0.15) is 0 Å². The van der Waals surface area contributed by atoms with Gasteiger partial charge in [-0.15, -0.1) is 11.3 Å². The third-order valence-corrected chi connectivity index (χ3v) is 4.59. The molecule has 0 aliphatic heterocycles. The number of carbonyl (C=O) groups is 2. The predicted octanol–water partition coefficient (Wildman–Crippen LogP) is 3.86. The molecule has 2 aromatic heterocycles. The molecule has 6 nitrogen and oxygen atoms in total. The van der Waals surface area contributed by atoms with Gasteiger partial charge in [-0.05, 0) is 36.9 Å². The third-order valence-electron chi connectivity index (χ3n) is 3.71. The average molecular weight is 369 g/mol. The fourth-order valence-electron chi connectivity index (χ4n) is 2.32.